The summed E-state index contributed by atoms with van der Waals surface area (Å²) >= 11 is 11.9. The maximum absolute atomic E-state index is 12.6. The van der Waals surface area contributed by atoms with E-state index < -0.39 is 0 Å². The molecule has 0 aromatic heterocycles. The fourth-order valence-electron chi connectivity index (χ4n) is 3.20. The Morgan fingerprint density at radius 1 is 1.33 bits per heavy atom. The normalized spacial score (nSPS) is 25.5. The Bertz CT molecular complexity index is 541. The molecule has 0 radical (unpaired) electrons. The summed E-state index contributed by atoms with van der Waals surface area (Å²) in [5.41, 5.74) is 0.135. The van der Waals surface area contributed by atoms with Gasteiger partial charge in [-0.15, -0.1) is 0 Å². The predicted octanol–water partition coefficient (Wildman–Crippen LogP) is 3.34. The average molecular weight is 330 g/mol. The van der Waals surface area contributed by atoms with E-state index in [-0.39, 0.29) is 28.3 Å². The summed E-state index contributed by atoms with van der Waals surface area (Å²) in [5.74, 6) is -0.0256. The number of carbonyl (C=O) groups is 1. The van der Waals surface area contributed by atoms with Gasteiger partial charge in [0.05, 0.1) is 16.7 Å². The van der Waals surface area contributed by atoms with Crippen molar-refractivity contribution < 1.29 is 14.6 Å². The molecule has 2 heterocycles. The average Bonchev–Trinajstić information content (AvgIpc) is 2.45. The van der Waals surface area contributed by atoms with Gasteiger partial charge < -0.3 is 14.7 Å². The molecule has 21 heavy (non-hydrogen) atoms. The molecule has 0 bridgehead atoms. The molecule has 1 aromatic carbocycles. The van der Waals surface area contributed by atoms with Crippen LogP contribution in [0, 0.1) is 5.92 Å². The lowest BCUT2D eigenvalue weighted by atomic mass is 9.88. The van der Waals surface area contributed by atoms with Crippen LogP contribution in [0.5, 0.6) is 5.75 Å². The molecule has 1 aromatic rings. The first-order valence-corrected chi connectivity index (χ1v) is 7.90. The van der Waals surface area contributed by atoms with Gasteiger partial charge in [-0.3, -0.25) is 4.79 Å². The highest BCUT2D eigenvalue weighted by molar-refractivity contribution is 6.37. The Morgan fingerprint density at radius 3 is 2.90 bits per heavy atom. The monoisotopic (exact) mass is 329 g/mol. The third-order valence-electron chi connectivity index (χ3n) is 4.25. The lowest BCUT2D eigenvalue weighted by molar-refractivity contribution is -0.0607. The van der Waals surface area contributed by atoms with Crippen LogP contribution in [0.4, 0.5) is 0 Å². The van der Waals surface area contributed by atoms with Gasteiger partial charge in [0.1, 0.15) is 5.75 Å². The third-order valence-corrected chi connectivity index (χ3v) is 4.77. The third kappa shape index (κ3) is 2.98. The molecule has 6 heteroatoms. The van der Waals surface area contributed by atoms with Crippen molar-refractivity contribution in [3.63, 3.8) is 0 Å². The summed E-state index contributed by atoms with van der Waals surface area (Å²) in [6, 6.07) is 2.82. The number of fused-ring (bicyclic) bond motifs is 1. The number of phenols is 1. The second-order valence-corrected chi connectivity index (χ2v) is 6.48. The SMILES string of the molecule is O=C(c1c(O)cc(Cl)cc1Cl)N1CCC2OCCCC2C1. The molecule has 2 aliphatic heterocycles. The Balaban J connectivity index is 1.80. The standard InChI is InChI=1S/C15H17Cl2NO3/c16-10-6-11(17)14(12(19)7-10)15(20)18-4-3-13-9(8-18)2-1-5-21-13/h6-7,9,13,19H,1-5,8H2. The van der Waals surface area contributed by atoms with Crippen LogP contribution in [0.1, 0.15) is 29.6 Å². The van der Waals surface area contributed by atoms with E-state index in [4.69, 9.17) is 27.9 Å². The number of rotatable bonds is 1. The summed E-state index contributed by atoms with van der Waals surface area (Å²) in [6.07, 6.45) is 3.21. The first kappa shape index (κ1) is 14.9. The molecule has 2 unspecified atom stereocenters. The summed E-state index contributed by atoms with van der Waals surface area (Å²) < 4.78 is 5.75. The van der Waals surface area contributed by atoms with E-state index in [9.17, 15) is 9.90 Å². The highest BCUT2D eigenvalue weighted by atomic mass is 35.5. The van der Waals surface area contributed by atoms with Crippen LogP contribution in [-0.2, 0) is 4.74 Å². The highest BCUT2D eigenvalue weighted by Gasteiger charge is 2.35. The van der Waals surface area contributed by atoms with Crippen LogP contribution < -0.4 is 0 Å². The summed E-state index contributed by atoms with van der Waals surface area (Å²) in [5, 5.41) is 10.5. The number of aromatic hydroxyl groups is 1. The minimum Gasteiger partial charge on any atom is -0.507 e. The molecule has 2 atom stereocenters. The zero-order valence-electron chi connectivity index (χ0n) is 11.5. The molecule has 0 spiro atoms. The molecule has 114 valence electrons. The fourth-order valence-corrected chi connectivity index (χ4v) is 3.77. The quantitative estimate of drug-likeness (QED) is 0.859. The maximum atomic E-state index is 12.6. The van der Waals surface area contributed by atoms with Gasteiger partial charge in [-0.05, 0) is 31.4 Å². The molecule has 4 nitrogen and oxygen atoms in total. The number of amides is 1. The zero-order valence-corrected chi connectivity index (χ0v) is 13.0. The topological polar surface area (TPSA) is 49.8 Å². The van der Waals surface area contributed by atoms with Gasteiger partial charge in [-0.25, -0.2) is 0 Å². The van der Waals surface area contributed by atoms with Gasteiger partial charge in [0, 0.05) is 30.6 Å². The Hall–Kier alpha value is -0.970. The van der Waals surface area contributed by atoms with E-state index in [1.54, 1.807) is 4.90 Å². The van der Waals surface area contributed by atoms with Crippen molar-refractivity contribution >= 4 is 29.1 Å². The van der Waals surface area contributed by atoms with E-state index in [2.05, 4.69) is 0 Å². The largest absolute Gasteiger partial charge is 0.507 e. The van der Waals surface area contributed by atoms with Crippen molar-refractivity contribution in [3.05, 3.63) is 27.7 Å². The van der Waals surface area contributed by atoms with Gasteiger partial charge in [0.15, 0.2) is 0 Å². The summed E-state index contributed by atoms with van der Waals surface area (Å²) in [7, 11) is 0. The number of hydrogen-bond acceptors (Lipinski definition) is 3. The molecule has 2 aliphatic rings. The number of halogens is 2. The second-order valence-electron chi connectivity index (χ2n) is 5.63. The number of likely N-dealkylation sites (tertiary alicyclic amines) is 1. The van der Waals surface area contributed by atoms with Crippen LogP contribution in [0.15, 0.2) is 12.1 Å². The number of phenolic OH excluding ortho intramolecular Hbond substituents is 1. The summed E-state index contributed by atoms with van der Waals surface area (Å²) in [4.78, 5) is 14.4. The van der Waals surface area contributed by atoms with Crippen LogP contribution >= 0.6 is 23.2 Å². The molecule has 1 amide bonds. The molecule has 2 fully saturated rings. The number of ether oxygens (including phenoxy) is 1. The predicted molar refractivity (Wildman–Crippen MR) is 81.1 cm³/mol. The van der Waals surface area contributed by atoms with E-state index in [0.717, 1.165) is 25.9 Å². The van der Waals surface area contributed by atoms with Gasteiger partial charge in [-0.1, -0.05) is 23.2 Å². The van der Waals surface area contributed by atoms with Gasteiger partial charge in [0.25, 0.3) is 5.91 Å². The smallest absolute Gasteiger partial charge is 0.259 e. The van der Waals surface area contributed by atoms with Crippen LogP contribution in [0.3, 0.4) is 0 Å². The number of hydrogen-bond donors (Lipinski definition) is 1. The number of nitrogens with zero attached hydrogens (tertiary/aromatic N) is 1. The minimum atomic E-state index is -0.238. The lowest BCUT2D eigenvalue weighted by Crippen LogP contribution is -2.48. The van der Waals surface area contributed by atoms with E-state index >= 15 is 0 Å². The van der Waals surface area contributed by atoms with Gasteiger partial charge in [0.2, 0.25) is 0 Å². The molecular weight excluding hydrogens is 313 g/mol. The maximum Gasteiger partial charge on any atom is 0.259 e. The summed E-state index contributed by atoms with van der Waals surface area (Å²) in [6.45, 7) is 2.10. The van der Waals surface area contributed by atoms with Crippen molar-refractivity contribution in [2.75, 3.05) is 19.7 Å². The Kier molecular flexibility index (Phi) is 4.29. The van der Waals surface area contributed by atoms with Crippen molar-refractivity contribution in [3.8, 4) is 5.75 Å². The molecular formula is C15H17Cl2NO3. The Morgan fingerprint density at radius 2 is 2.14 bits per heavy atom. The Labute approximate surface area is 133 Å². The van der Waals surface area contributed by atoms with Crippen molar-refractivity contribution in [1.29, 1.82) is 0 Å². The lowest BCUT2D eigenvalue weighted by Gasteiger charge is -2.41. The van der Waals surface area contributed by atoms with E-state index in [0.29, 0.717) is 24.0 Å². The van der Waals surface area contributed by atoms with Gasteiger partial charge >= 0.3 is 0 Å². The van der Waals surface area contributed by atoms with Crippen LogP contribution in [-0.4, -0.2) is 41.7 Å². The first-order chi connectivity index (χ1) is 10.1. The number of piperidine rings is 1. The molecule has 2 saturated heterocycles. The molecule has 3 rings (SSSR count). The number of carbonyl (C=O) groups excluding carboxylic acids is 1. The van der Waals surface area contributed by atoms with E-state index in [1.165, 1.54) is 12.1 Å². The second kappa shape index (κ2) is 6.03. The van der Waals surface area contributed by atoms with Gasteiger partial charge in [-0.2, -0.15) is 0 Å². The fraction of sp³-hybridized carbons (Fsp3) is 0.533. The first-order valence-electron chi connectivity index (χ1n) is 7.15. The van der Waals surface area contributed by atoms with Crippen molar-refractivity contribution in [2.45, 2.75) is 25.4 Å². The highest BCUT2D eigenvalue weighted by Crippen LogP contribution is 2.34. The molecule has 0 aliphatic carbocycles. The molecule has 0 saturated carbocycles. The van der Waals surface area contributed by atoms with Crippen molar-refractivity contribution in [1.82, 2.24) is 4.90 Å². The van der Waals surface area contributed by atoms with Crippen molar-refractivity contribution in [2.24, 2.45) is 5.92 Å². The van der Waals surface area contributed by atoms with Crippen LogP contribution in [0.25, 0.3) is 0 Å². The molecule has 1 N–H and O–H groups in total. The van der Waals surface area contributed by atoms with Crippen LogP contribution in [0.2, 0.25) is 10.0 Å². The zero-order chi connectivity index (χ0) is 15.0. The minimum absolute atomic E-state index is 0.135. The van der Waals surface area contributed by atoms with E-state index in [1.807, 2.05) is 0 Å². The number of benzene rings is 1.